The Morgan fingerprint density at radius 2 is 0.858 bits per heavy atom. The van der Waals surface area contributed by atoms with E-state index >= 15 is 0 Å². The van der Waals surface area contributed by atoms with Crippen molar-refractivity contribution in [3.05, 3.63) is 78.2 Å². The van der Waals surface area contributed by atoms with Crippen LogP contribution in [0.1, 0.15) is 131 Å². The second-order valence-electron chi connectivity index (χ2n) is 30.9. The maximum atomic E-state index is 12.3. The number of aliphatic hydroxyl groups excluding tert-OH is 7. The van der Waals surface area contributed by atoms with Crippen molar-refractivity contribution in [1.29, 1.82) is 0 Å². The fraction of sp³-hybridized carbons (Fsp3) is 0.657. The standard InChI is InChI=1S/C19H31N4O4P.C18H29N4O4P.C17H26ClN4O3P.C16H25N4O4P/c1-6-7-9-26-18-14-17(21-12(2)22-18)23(11-20-14)19-16(25)15(24)13(27-19)8-10-28(3,4)5;1-6-7-12-21-13-16(19-10(2)20-17(13)25)22(12)18-15(24)14(23)11(26-18)8-9-27(3,4)5;1-6-11-21-13-15(19-9(2)20-16(13)24)22(11)17-12(18)14(23)10(25-17)7-8-26(3,4)5;1-8-17-14-11(15(23)18-8)19-9(2)20(14)16-13(22)12(21)10(24-16)6-7-25(3,4)5/h11,13,15-16,19,24-25H,3,6-10H2,1-2,4-5H3;11,14-15,18,23-24H,3,6-9H2,1-2,4-5H3,(H,19,20,25);10,12,14,17,23H,3,6-8H2,1-2,4-5H3,(H,19,20,24);10,12-13,16,21-22H,3,6-7H2,1-2,4-5H3,(H,17,18,23)/t13-,15-,16-,19-;11-,14-,15-,18-;10-,12-,14-,17-;10-,12-,13-,16-/m1111/s1. The van der Waals surface area contributed by atoms with Gasteiger partial charge in [-0.3, -0.25) is 32.7 Å². The highest BCUT2D eigenvalue weighted by Gasteiger charge is 2.49. The van der Waals surface area contributed by atoms with Crippen molar-refractivity contribution in [2.24, 2.45) is 0 Å². The van der Waals surface area contributed by atoms with Crippen molar-refractivity contribution in [1.82, 2.24) is 78.1 Å². The van der Waals surface area contributed by atoms with Crippen molar-refractivity contribution in [2.75, 3.05) is 84.6 Å². The van der Waals surface area contributed by atoms with Gasteiger partial charge in [-0.15, -0.1) is 64.3 Å². The Morgan fingerprint density at radius 3 is 1.29 bits per heavy atom. The van der Waals surface area contributed by atoms with Crippen LogP contribution in [-0.4, -0.2) is 296 Å². The number of hydrogen-bond donors (Lipinski definition) is 10. The fourth-order valence-electron chi connectivity index (χ4n) is 13.2. The molecule has 10 N–H and O–H groups in total. The molecule has 36 heteroatoms. The first-order chi connectivity index (χ1) is 49.5. The number of H-pyrrole nitrogens is 3. The Morgan fingerprint density at radius 1 is 0.472 bits per heavy atom. The lowest BCUT2D eigenvalue weighted by Gasteiger charge is -2.20. The van der Waals surface area contributed by atoms with Crippen LogP contribution >= 0.6 is 39.1 Å². The molecule has 8 aromatic heterocycles. The second kappa shape index (κ2) is 34.4. The van der Waals surface area contributed by atoms with Gasteiger partial charge in [0.15, 0.2) is 69.6 Å². The maximum Gasteiger partial charge on any atom is 0.279 e. The van der Waals surface area contributed by atoms with Gasteiger partial charge in [0.1, 0.15) is 88.9 Å². The maximum absolute atomic E-state index is 12.3. The molecule has 0 aromatic carbocycles. The highest BCUT2D eigenvalue weighted by molar-refractivity contribution is 7.73. The summed E-state index contributed by atoms with van der Waals surface area (Å²) in [5.74, 6) is 4.18. The first kappa shape index (κ1) is 84.5. The van der Waals surface area contributed by atoms with E-state index in [4.69, 9.17) is 35.3 Å². The van der Waals surface area contributed by atoms with Crippen LogP contribution in [0.5, 0.6) is 5.88 Å². The molecule has 4 aliphatic heterocycles. The number of unbranched alkanes of at least 4 members (excludes halogenated alkanes) is 1. The average Bonchev–Trinajstić information content (AvgIpc) is 1.62. The summed E-state index contributed by atoms with van der Waals surface area (Å²) in [5, 5.41) is 73.1. The molecule has 0 bridgehead atoms. The normalized spacial score (nSPS) is 26.4. The molecule has 12 heterocycles. The SMILES string of the molecule is C=P(C)(C)CC[C@H]1O[C@@H](n2c(C)nc3c(=O)[nH]c(C)nc32)[C@H](O)[C@@H]1O.C=P(C)(C)CC[C@H]1O[C@@H](n2c(CC)nc3c(=O)[nH]c(C)nc32)[C@H](Cl)[C@@H]1O.C=P(C)(C)CC[C@H]1O[C@@H](n2c(CCC)nc3c(=O)[nH]c(C)nc32)[C@H](O)[C@@H]1O.C=P(C)(C)CC[C@H]1O[C@@H](n2cnc3c(OCCCC)nc(C)nc32)[C@H](O)[C@@H]1O. The van der Waals surface area contributed by atoms with Gasteiger partial charge in [0.05, 0.1) is 37.4 Å². The van der Waals surface area contributed by atoms with Crippen LogP contribution in [0.4, 0.5) is 0 Å². The molecule has 106 heavy (non-hydrogen) atoms. The number of ether oxygens (including phenoxy) is 5. The van der Waals surface area contributed by atoms with Gasteiger partial charge >= 0.3 is 0 Å². The lowest BCUT2D eigenvalue weighted by atomic mass is 10.1. The van der Waals surface area contributed by atoms with E-state index in [1.807, 2.05) is 13.8 Å². The monoisotopic (exact) mass is 1570 g/mol. The minimum Gasteiger partial charge on any atom is -0.476 e. The van der Waals surface area contributed by atoms with Gasteiger partial charge in [-0.2, -0.15) is 4.98 Å². The van der Waals surface area contributed by atoms with Crippen molar-refractivity contribution >= 4 is 109 Å². The third kappa shape index (κ3) is 19.8. The molecule has 0 unspecified atom stereocenters. The number of aromatic amines is 3. The van der Waals surface area contributed by atoms with Crippen LogP contribution in [0.15, 0.2) is 20.7 Å². The molecule has 31 nitrogen and oxygen atoms in total. The highest BCUT2D eigenvalue weighted by Crippen LogP contribution is 2.45. The predicted octanol–water partition coefficient (Wildman–Crippen LogP) is 5.54. The zero-order valence-electron chi connectivity index (χ0n) is 63.9. The van der Waals surface area contributed by atoms with Crippen LogP contribution in [0.25, 0.3) is 44.7 Å². The van der Waals surface area contributed by atoms with Gasteiger partial charge in [0, 0.05) is 12.8 Å². The van der Waals surface area contributed by atoms with E-state index in [-0.39, 0.29) is 39.3 Å². The largest absolute Gasteiger partial charge is 0.476 e. The van der Waals surface area contributed by atoms with Crippen LogP contribution in [0.2, 0.25) is 0 Å². The van der Waals surface area contributed by atoms with E-state index < -0.39 is 119 Å². The molecule has 588 valence electrons. The van der Waals surface area contributed by atoms with Crippen LogP contribution < -0.4 is 21.4 Å². The van der Waals surface area contributed by atoms with Crippen molar-refractivity contribution in [3.63, 3.8) is 0 Å². The quantitative estimate of drug-likeness (QED) is 0.0213. The first-order valence-corrected chi connectivity index (χ1v) is 48.7. The van der Waals surface area contributed by atoms with Crippen LogP contribution in [0.3, 0.4) is 0 Å². The molecular weight excluding hydrogens is 1460 g/mol. The number of hydrogen-bond acceptors (Lipinski definition) is 24. The van der Waals surface area contributed by atoms with Gasteiger partial charge in [0.25, 0.3) is 16.7 Å². The Balaban J connectivity index is 0.000000164. The van der Waals surface area contributed by atoms with Crippen molar-refractivity contribution in [3.8, 4) is 5.88 Å². The van der Waals surface area contributed by atoms with Crippen molar-refractivity contribution in [2.45, 2.75) is 211 Å². The minimum atomic E-state index is -1.27. The minimum absolute atomic E-state index is 0.196. The number of halogens is 1. The summed E-state index contributed by atoms with van der Waals surface area (Å²) < 4.78 is 36.7. The van der Waals surface area contributed by atoms with E-state index in [0.29, 0.717) is 120 Å². The molecule has 4 fully saturated rings. The third-order valence-electron chi connectivity index (χ3n) is 18.8. The van der Waals surface area contributed by atoms with Gasteiger partial charge in [-0.05, 0) is 151 Å². The molecule has 12 rings (SSSR count). The summed E-state index contributed by atoms with van der Waals surface area (Å²) in [4.78, 5) is 84.0. The molecule has 0 saturated carbocycles. The van der Waals surface area contributed by atoms with E-state index in [1.54, 1.807) is 59.2 Å². The Hall–Kier alpha value is -5.55. The van der Waals surface area contributed by atoms with Crippen LogP contribution in [0, 0.1) is 34.6 Å². The number of nitrogens with one attached hydrogen (secondary N) is 3. The molecule has 0 spiro atoms. The first-order valence-electron chi connectivity index (χ1n) is 36.0. The molecular formula is C70H111ClN16O15P4. The summed E-state index contributed by atoms with van der Waals surface area (Å²) in [6.45, 7) is 27.3. The van der Waals surface area contributed by atoms with E-state index in [1.165, 1.54) is 0 Å². The lowest BCUT2D eigenvalue weighted by molar-refractivity contribution is -0.0368. The lowest BCUT2D eigenvalue weighted by Crippen LogP contribution is -2.32. The Bertz CT molecular complexity index is 4800. The number of nitrogens with zero attached hydrogens (tertiary/aromatic N) is 13. The number of aryl methyl sites for hydroxylation is 7. The van der Waals surface area contributed by atoms with Gasteiger partial charge < -0.3 is 74.4 Å². The Kier molecular flexibility index (Phi) is 27.4. The van der Waals surface area contributed by atoms with Gasteiger partial charge in [-0.25, -0.2) is 39.9 Å². The number of rotatable bonds is 23. The molecule has 0 radical (unpaired) electrons. The number of alkyl halides is 1. The third-order valence-corrected chi connectivity index (χ3v) is 25.1. The zero-order valence-corrected chi connectivity index (χ0v) is 68.3. The van der Waals surface area contributed by atoms with Gasteiger partial charge in [-0.1, -0.05) is 27.2 Å². The molecule has 4 saturated heterocycles. The molecule has 4 aliphatic rings. The Labute approximate surface area is 622 Å². The van der Waals surface area contributed by atoms with Gasteiger partial charge in [0.2, 0.25) is 5.88 Å². The summed E-state index contributed by atoms with van der Waals surface area (Å²) in [6, 6.07) is 0. The number of aliphatic hydroxyl groups is 7. The summed E-state index contributed by atoms with van der Waals surface area (Å²) in [5.41, 5.74) is 1.97. The van der Waals surface area contributed by atoms with Crippen molar-refractivity contribution < 1.29 is 59.4 Å². The molecule has 8 aromatic rings. The highest BCUT2D eigenvalue weighted by atomic mass is 35.5. The number of fused-ring (bicyclic) bond motifs is 4. The van der Waals surface area contributed by atoms with E-state index in [2.05, 4.69) is 145 Å². The number of aromatic nitrogens is 16. The summed E-state index contributed by atoms with van der Waals surface area (Å²) in [6.07, 6.45) is 16.6. The number of imidazole rings is 4. The van der Waals surface area contributed by atoms with E-state index in [0.717, 1.165) is 43.9 Å². The van der Waals surface area contributed by atoms with E-state index in [9.17, 15) is 50.1 Å². The molecule has 0 amide bonds. The molecule has 16 atom stereocenters. The predicted molar refractivity (Wildman–Crippen MR) is 426 cm³/mol. The molecule has 0 aliphatic carbocycles. The average molecular weight is 1580 g/mol. The second-order valence-corrected chi connectivity index (χ2v) is 48.7. The smallest absolute Gasteiger partial charge is 0.279 e. The summed E-state index contributed by atoms with van der Waals surface area (Å²) in [7, 11) is 0. The zero-order chi connectivity index (χ0) is 78.1. The topological polar surface area (TPSA) is 422 Å². The fourth-order valence-corrected chi connectivity index (χ4v) is 17.3. The summed E-state index contributed by atoms with van der Waals surface area (Å²) >= 11 is 6.53. The van der Waals surface area contributed by atoms with Crippen LogP contribution in [-0.2, 0) is 31.8 Å².